The average molecular weight is 433 g/mol. The van der Waals surface area contributed by atoms with Gasteiger partial charge in [-0.05, 0) is 48.6 Å². The van der Waals surface area contributed by atoms with Crippen molar-refractivity contribution in [2.24, 2.45) is 16.0 Å². The van der Waals surface area contributed by atoms with Gasteiger partial charge in [-0.2, -0.15) is 0 Å². The lowest BCUT2D eigenvalue weighted by Crippen LogP contribution is -2.36. The van der Waals surface area contributed by atoms with Gasteiger partial charge in [-0.25, -0.2) is 13.6 Å². The Labute approximate surface area is 179 Å². The summed E-state index contributed by atoms with van der Waals surface area (Å²) in [6, 6.07) is 12.6. The summed E-state index contributed by atoms with van der Waals surface area (Å²) in [5.74, 6) is 2.12. The van der Waals surface area contributed by atoms with Gasteiger partial charge in [0.1, 0.15) is 5.75 Å². The Bertz CT molecular complexity index is 955. The summed E-state index contributed by atoms with van der Waals surface area (Å²) in [6.45, 7) is 8.17. The molecule has 2 aromatic rings. The molecule has 0 atom stereocenters. The minimum absolute atomic E-state index is 0.0955. The number of aryl methyl sites for hydroxylation is 1. The zero-order valence-corrected chi connectivity index (χ0v) is 18.9. The lowest BCUT2D eigenvalue weighted by atomic mass is 10.1. The number of rotatable bonds is 9. The molecule has 0 amide bonds. The van der Waals surface area contributed by atoms with E-state index in [1.54, 1.807) is 19.2 Å². The molecule has 0 aliphatic rings. The predicted molar refractivity (Wildman–Crippen MR) is 121 cm³/mol. The highest BCUT2D eigenvalue weighted by Gasteiger charge is 2.08. The second-order valence-corrected chi connectivity index (χ2v) is 9.17. The molecule has 0 saturated carbocycles. The number of nitrogens with two attached hydrogens (primary N) is 1. The van der Waals surface area contributed by atoms with Gasteiger partial charge in [0.15, 0.2) is 5.96 Å². The molecule has 8 heteroatoms. The summed E-state index contributed by atoms with van der Waals surface area (Å²) < 4.78 is 28.7. The summed E-state index contributed by atoms with van der Waals surface area (Å²) in [4.78, 5) is 4.34. The number of nitrogens with zero attached hydrogens (tertiary/aromatic N) is 1. The molecule has 0 bridgehead atoms. The predicted octanol–water partition coefficient (Wildman–Crippen LogP) is 2.93. The van der Waals surface area contributed by atoms with Crippen molar-refractivity contribution in [3.63, 3.8) is 0 Å². The largest absolute Gasteiger partial charge is 0.493 e. The molecular weight excluding hydrogens is 400 g/mol. The van der Waals surface area contributed by atoms with Crippen LogP contribution in [0.4, 0.5) is 0 Å². The summed E-state index contributed by atoms with van der Waals surface area (Å²) in [7, 11) is -1.98. The van der Waals surface area contributed by atoms with Crippen molar-refractivity contribution in [3.8, 4) is 5.75 Å². The highest BCUT2D eigenvalue weighted by Crippen LogP contribution is 2.21. The van der Waals surface area contributed by atoms with Crippen LogP contribution < -0.4 is 20.5 Å². The number of sulfonamides is 1. The molecule has 0 heterocycles. The maximum absolute atomic E-state index is 11.3. The van der Waals surface area contributed by atoms with E-state index < -0.39 is 10.0 Å². The Morgan fingerprint density at radius 2 is 1.77 bits per heavy atom. The highest BCUT2D eigenvalue weighted by molar-refractivity contribution is 7.89. The Kier molecular flexibility index (Phi) is 8.68. The third-order valence-corrected chi connectivity index (χ3v) is 5.49. The molecule has 164 valence electrons. The first-order valence-corrected chi connectivity index (χ1v) is 11.5. The van der Waals surface area contributed by atoms with Gasteiger partial charge in [0.05, 0.1) is 11.5 Å². The van der Waals surface area contributed by atoms with Crippen LogP contribution in [0.25, 0.3) is 0 Å². The number of guanidine groups is 1. The van der Waals surface area contributed by atoms with Crippen LogP contribution >= 0.6 is 0 Å². The number of hydrogen-bond acceptors (Lipinski definition) is 4. The fourth-order valence-corrected chi connectivity index (χ4v) is 3.24. The van der Waals surface area contributed by atoms with Crippen LogP contribution in [0.15, 0.2) is 52.4 Å². The molecular formula is C22H32N4O3S. The Morgan fingerprint density at radius 1 is 1.10 bits per heavy atom. The molecule has 0 aliphatic carbocycles. The van der Waals surface area contributed by atoms with Crippen molar-refractivity contribution < 1.29 is 13.2 Å². The number of nitrogens with one attached hydrogen (secondary N) is 2. The SMILES string of the molecule is CN=C(NCc1ccc(S(N)(=O)=O)cc1)NCc1ccc(C)cc1OCCC(C)C. The van der Waals surface area contributed by atoms with Crippen LogP contribution in [0.3, 0.4) is 0 Å². The van der Waals surface area contributed by atoms with Crippen molar-refractivity contribution in [1.29, 1.82) is 0 Å². The fourth-order valence-electron chi connectivity index (χ4n) is 2.73. The number of benzene rings is 2. The van der Waals surface area contributed by atoms with Crippen molar-refractivity contribution in [2.75, 3.05) is 13.7 Å². The van der Waals surface area contributed by atoms with Crippen molar-refractivity contribution in [2.45, 2.75) is 45.2 Å². The van der Waals surface area contributed by atoms with Gasteiger partial charge in [0.25, 0.3) is 0 Å². The van der Waals surface area contributed by atoms with Gasteiger partial charge in [-0.1, -0.05) is 38.1 Å². The summed E-state index contributed by atoms with van der Waals surface area (Å²) in [5.41, 5.74) is 3.13. The molecule has 0 fully saturated rings. The molecule has 0 aliphatic heterocycles. The first kappa shape index (κ1) is 23.7. The minimum atomic E-state index is -3.68. The van der Waals surface area contributed by atoms with Crippen molar-refractivity contribution in [3.05, 3.63) is 59.2 Å². The molecule has 7 nitrogen and oxygen atoms in total. The second-order valence-electron chi connectivity index (χ2n) is 7.61. The maximum atomic E-state index is 11.3. The van der Waals surface area contributed by atoms with E-state index in [4.69, 9.17) is 9.88 Å². The Balaban J connectivity index is 1.94. The molecule has 0 aromatic heterocycles. The summed E-state index contributed by atoms with van der Waals surface area (Å²) in [6.07, 6.45) is 1.01. The third kappa shape index (κ3) is 7.68. The van der Waals surface area contributed by atoms with Crippen LogP contribution in [0.2, 0.25) is 0 Å². The van der Waals surface area contributed by atoms with E-state index in [9.17, 15) is 8.42 Å². The number of hydrogen-bond donors (Lipinski definition) is 3. The highest BCUT2D eigenvalue weighted by atomic mass is 32.2. The first-order chi connectivity index (χ1) is 14.2. The second kappa shape index (κ2) is 11.0. The van der Waals surface area contributed by atoms with Crippen molar-refractivity contribution >= 4 is 16.0 Å². The Morgan fingerprint density at radius 3 is 2.37 bits per heavy atom. The van der Waals surface area contributed by atoms with E-state index in [2.05, 4.69) is 47.7 Å². The molecule has 2 aromatic carbocycles. The summed E-state index contributed by atoms with van der Waals surface area (Å²) in [5, 5.41) is 11.6. The smallest absolute Gasteiger partial charge is 0.238 e. The molecule has 0 saturated heterocycles. The van der Waals surface area contributed by atoms with E-state index in [0.29, 0.717) is 31.6 Å². The van der Waals surface area contributed by atoms with E-state index in [-0.39, 0.29) is 4.90 Å². The third-order valence-electron chi connectivity index (χ3n) is 4.56. The molecule has 0 radical (unpaired) electrons. The topological polar surface area (TPSA) is 106 Å². The van der Waals surface area contributed by atoms with Gasteiger partial charge >= 0.3 is 0 Å². The maximum Gasteiger partial charge on any atom is 0.238 e. The zero-order chi connectivity index (χ0) is 22.1. The monoisotopic (exact) mass is 432 g/mol. The lowest BCUT2D eigenvalue weighted by Gasteiger charge is -2.16. The average Bonchev–Trinajstić information content (AvgIpc) is 2.68. The Hall–Kier alpha value is -2.58. The van der Waals surface area contributed by atoms with E-state index in [0.717, 1.165) is 28.9 Å². The lowest BCUT2D eigenvalue weighted by molar-refractivity contribution is 0.286. The van der Waals surface area contributed by atoms with Crippen LogP contribution in [0.5, 0.6) is 5.75 Å². The molecule has 0 spiro atoms. The van der Waals surface area contributed by atoms with E-state index >= 15 is 0 Å². The van der Waals surface area contributed by atoms with E-state index in [1.165, 1.54) is 12.1 Å². The molecule has 4 N–H and O–H groups in total. The van der Waals surface area contributed by atoms with Gasteiger partial charge in [-0.15, -0.1) is 0 Å². The van der Waals surface area contributed by atoms with Crippen LogP contribution in [0.1, 0.15) is 37.0 Å². The molecule has 0 unspecified atom stereocenters. The van der Waals surface area contributed by atoms with Crippen LogP contribution in [-0.2, 0) is 23.1 Å². The van der Waals surface area contributed by atoms with Crippen LogP contribution in [0, 0.1) is 12.8 Å². The van der Waals surface area contributed by atoms with Gasteiger partial charge in [0, 0.05) is 25.7 Å². The van der Waals surface area contributed by atoms with Crippen molar-refractivity contribution in [1.82, 2.24) is 10.6 Å². The fraction of sp³-hybridized carbons (Fsp3) is 0.409. The zero-order valence-electron chi connectivity index (χ0n) is 18.1. The van der Waals surface area contributed by atoms with Gasteiger partial charge in [-0.3, -0.25) is 4.99 Å². The quantitative estimate of drug-likeness (QED) is 0.417. The van der Waals surface area contributed by atoms with Gasteiger partial charge < -0.3 is 15.4 Å². The standard InChI is InChI=1S/C22H32N4O3S/c1-16(2)11-12-29-21-13-17(3)5-8-19(21)15-26-22(24-4)25-14-18-6-9-20(10-7-18)30(23,27)28/h5-10,13,16H,11-12,14-15H2,1-4H3,(H2,23,27,28)(H2,24,25,26). The van der Waals surface area contributed by atoms with Gasteiger partial charge in [0.2, 0.25) is 10.0 Å². The first-order valence-electron chi connectivity index (χ1n) is 9.97. The summed E-state index contributed by atoms with van der Waals surface area (Å²) >= 11 is 0. The normalized spacial score (nSPS) is 12.1. The molecule has 2 rings (SSSR count). The van der Waals surface area contributed by atoms with Crippen LogP contribution in [-0.4, -0.2) is 28.0 Å². The van der Waals surface area contributed by atoms with E-state index in [1.807, 2.05) is 6.92 Å². The number of ether oxygens (including phenoxy) is 1. The molecule has 30 heavy (non-hydrogen) atoms. The number of primary sulfonamides is 1. The number of aliphatic imine (C=N–C) groups is 1. The minimum Gasteiger partial charge on any atom is -0.493 e.